The fourth-order valence-electron chi connectivity index (χ4n) is 1.83. The van der Waals surface area contributed by atoms with Gasteiger partial charge in [0, 0.05) is 18.6 Å². The highest BCUT2D eigenvalue weighted by Crippen LogP contribution is 2.24. The molecular formula is C12H21BrN4O. The lowest BCUT2D eigenvalue weighted by atomic mass is 9.93. The molecule has 0 bridgehead atoms. The first-order chi connectivity index (χ1) is 8.53. The Morgan fingerprint density at radius 3 is 2.50 bits per heavy atom. The smallest absolute Gasteiger partial charge is 0.283 e. The van der Waals surface area contributed by atoms with Gasteiger partial charge in [0.1, 0.15) is 4.47 Å². The van der Waals surface area contributed by atoms with E-state index in [2.05, 4.69) is 40.2 Å². The van der Waals surface area contributed by atoms with Crippen molar-refractivity contribution in [1.82, 2.24) is 9.78 Å². The fourth-order valence-corrected chi connectivity index (χ4v) is 2.24. The second kappa shape index (κ2) is 6.33. The molecule has 0 amide bonds. The van der Waals surface area contributed by atoms with Gasteiger partial charge in [0.2, 0.25) is 0 Å². The van der Waals surface area contributed by atoms with Crippen molar-refractivity contribution in [2.75, 3.05) is 11.9 Å². The minimum atomic E-state index is -0.185. The van der Waals surface area contributed by atoms with Gasteiger partial charge in [-0.3, -0.25) is 4.79 Å². The van der Waals surface area contributed by atoms with Crippen LogP contribution in [0, 0.1) is 0 Å². The zero-order chi connectivity index (χ0) is 13.8. The number of aromatic nitrogens is 2. The van der Waals surface area contributed by atoms with Gasteiger partial charge < -0.3 is 11.1 Å². The Morgan fingerprint density at radius 2 is 2.06 bits per heavy atom. The third kappa shape index (κ3) is 2.92. The summed E-state index contributed by atoms with van der Waals surface area (Å²) in [5, 5.41) is 7.47. The number of hydrogen-bond donors (Lipinski definition) is 2. The van der Waals surface area contributed by atoms with E-state index in [9.17, 15) is 4.79 Å². The minimum Gasteiger partial charge on any atom is -0.376 e. The molecule has 0 aliphatic carbocycles. The monoisotopic (exact) mass is 316 g/mol. The number of nitrogens with two attached hydrogens (primary N) is 1. The average molecular weight is 317 g/mol. The predicted octanol–water partition coefficient (Wildman–Crippen LogP) is 1.96. The topological polar surface area (TPSA) is 72.9 Å². The number of nitrogens with one attached hydrogen (secondary N) is 1. The Balaban J connectivity index is 3.12. The third-order valence-electron chi connectivity index (χ3n) is 3.43. The zero-order valence-electron chi connectivity index (χ0n) is 11.2. The fraction of sp³-hybridized carbons (Fsp3) is 0.667. The lowest BCUT2D eigenvalue weighted by molar-refractivity contribution is 0.444. The Hall–Kier alpha value is -0.880. The minimum absolute atomic E-state index is 0.124. The van der Waals surface area contributed by atoms with Crippen LogP contribution in [0.5, 0.6) is 0 Å². The molecule has 0 saturated carbocycles. The molecule has 18 heavy (non-hydrogen) atoms. The first kappa shape index (κ1) is 15.2. The number of halogens is 1. The molecule has 0 atom stereocenters. The van der Waals surface area contributed by atoms with Crippen LogP contribution in [0.2, 0.25) is 0 Å². The second-order valence-electron chi connectivity index (χ2n) is 4.31. The molecule has 0 saturated heterocycles. The van der Waals surface area contributed by atoms with Crippen LogP contribution in [0.3, 0.4) is 0 Å². The molecule has 102 valence electrons. The number of anilines is 1. The van der Waals surface area contributed by atoms with Crippen LogP contribution in [0.25, 0.3) is 0 Å². The van der Waals surface area contributed by atoms with E-state index in [-0.39, 0.29) is 11.1 Å². The summed E-state index contributed by atoms with van der Waals surface area (Å²) in [5.74, 6) is 0. The van der Waals surface area contributed by atoms with Crippen molar-refractivity contribution in [1.29, 1.82) is 0 Å². The molecule has 1 aromatic heterocycles. The summed E-state index contributed by atoms with van der Waals surface area (Å²) in [7, 11) is 0. The van der Waals surface area contributed by atoms with Crippen LogP contribution in [0.1, 0.15) is 33.6 Å². The highest BCUT2D eigenvalue weighted by Gasteiger charge is 2.25. The van der Waals surface area contributed by atoms with E-state index in [1.165, 1.54) is 4.68 Å². The molecule has 5 nitrogen and oxygen atoms in total. The van der Waals surface area contributed by atoms with Crippen molar-refractivity contribution in [2.45, 2.75) is 45.7 Å². The molecule has 0 spiro atoms. The van der Waals surface area contributed by atoms with E-state index in [4.69, 9.17) is 5.73 Å². The highest BCUT2D eigenvalue weighted by atomic mass is 79.9. The quantitative estimate of drug-likeness (QED) is 0.841. The lowest BCUT2D eigenvalue weighted by Crippen LogP contribution is -2.45. The summed E-state index contributed by atoms with van der Waals surface area (Å²) < 4.78 is 1.93. The molecule has 0 aromatic carbocycles. The van der Waals surface area contributed by atoms with Crippen LogP contribution in [-0.2, 0) is 6.54 Å². The average Bonchev–Trinajstić information content (AvgIpc) is 2.41. The summed E-state index contributed by atoms with van der Waals surface area (Å²) in [4.78, 5) is 12.0. The van der Waals surface area contributed by atoms with Gasteiger partial charge in [0.05, 0.1) is 11.9 Å². The van der Waals surface area contributed by atoms with E-state index in [0.717, 1.165) is 12.8 Å². The summed E-state index contributed by atoms with van der Waals surface area (Å²) in [5.41, 5.74) is 6.24. The molecule has 0 unspecified atom stereocenters. The van der Waals surface area contributed by atoms with Crippen LogP contribution < -0.4 is 16.6 Å². The van der Waals surface area contributed by atoms with Crippen molar-refractivity contribution in [3.05, 3.63) is 21.0 Å². The van der Waals surface area contributed by atoms with E-state index in [0.29, 0.717) is 23.2 Å². The zero-order valence-corrected chi connectivity index (χ0v) is 12.7. The highest BCUT2D eigenvalue weighted by molar-refractivity contribution is 9.10. The van der Waals surface area contributed by atoms with Gasteiger partial charge in [0.25, 0.3) is 5.56 Å². The Bertz CT molecular complexity index is 446. The van der Waals surface area contributed by atoms with Crippen LogP contribution in [0.15, 0.2) is 15.5 Å². The van der Waals surface area contributed by atoms with Crippen molar-refractivity contribution < 1.29 is 0 Å². The van der Waals surface area contributed by atoms with E-state index in [1.807, 2.05) is 6.92 Å². The van der Waals surface area contributed by atoms with Gasteiger partial charge in [0.15, 0.2) is 0 Å². The van der Waals surface area contributed by atoms with Gasteiger partial charge in [-0.2, -0.15) is 5.10 Å². The standard InChI is InChI=1S/C12H21BrN4O/c1-4-12(5-2,8-14)16-9-7-15-17(6-3)11(18)10(9)13/h7,16H,4-6,8,14H2,1-3H3. The van der Waals surface area contributed by atoms with E-state index >= 15 is 0 Å². The summed E-state index contributed by atoms with van der Waals surface area (Å²) in [6.45, 7) is 7.12. The predicted molar refractivity (Wildman–Crippen MR) is 77.9 cm³/mol. The summed E-state index contributed by atoms with van der Waals surface area (Å²) >= 11 is 3.34. The van der Waals surface area contributed by atoms with Gasteiger partial charge in [-0.05, 0) is 35.7 Å². The number of aryl methyl sites for hydroxylation is 1. The molecule has 1 heterocycles. The number of rotatable bonds is 6. The molecule has 0 radical (unpaired) electrons. The third-order valence-corrected chi connectivity index (χ3v) is 4.19. The van der Waals surface area contributed by atoms with Gasteiger partial charge in [-0.1, -0.05) is 13.8 Å². The van der Waals surface area contributed by atoms with Crippen molar-refractivity contribution in [3.63, 3.8) is 0 Å². The molecule has 1 aromatic rings. The molecule has 0 aliphatic rings. The Morgan fingerprint density at radius 1 is 1.44 bits per heavy atom. The maximum atomic E-state index is 12.0. The molecule has 3 N–H and O–H groups in total. The van der Waals surface area contributed by atoms with Crippen molar-refractivity contribution >= 4 is 21.6 Å². The normalized spacial score (nSPS) is 11.6. The van der Waals surface area contributed by atoms with Gasteiger partial charge in [-0.15, -0.1) is 0 Å². The SMILES string of the molecule is CCn1ncc(NC(CC)(CC)CN)c(Br)c1=O. The van der Waals surface area contributed by atoms with Crippen molar-refractivity contribution in [3.8, 4) is 0 Å². The lowest BCUT2D eigenvalue weighted by Gasteiger charge is -2.32. The number of hydrogen-bond acceptors (Lipinski definition) is 4. The largest absolute Gasteiger partial charge is 0.376 e. The van der Waals surface area contributed by atoms with Crippen LogP contribution in [0.4, 0.5) is 5.69 Å². The summed E-state index contributed by atoms with van der Waals surface area (Å²) in [6.07, 6.45) is 3.46. The molecule has 1 rings (SSSR count). The van der Waals surface area contributed by atoms with Crippen LogP contribution >= 0.6 is 15.9 Å². The maximum Gasteiger partial charge on any atom is 0.283 e. The van der Waals surface area contributed by atoms with Gasteiger partial charge >= 0.3 is 0 Å². The van der Waals surface area contributed by atoms with E-state index in [1.54, 1.807) is 6.20 Å². The maximum absolute atomic E-state index is 12.0. The Labute approximate surface area is 116 Å². The molecule has 0 aliphatic heterocycles. The molecule has 0 fully saturated rings. The summed E-state index contributed by atoms with van der Waals surface area (Å²) in [6, 6.07) is 0. The molecule has 6 heteroatoms. The number of nitrogens with zero attached hydrogens (tertiary/aromatic N) is 2. The molecular weight excluding hydrogens is 296 g/mol. The first-order valence-electron chi connectivity index (χ1n) is 6.27. The van der Waals surface area contributed by atoms with Crippen molar-refractivity contribution in [2.24, 2.45) is 5.73 Å². The van der Waals surface area contributed by atoms with E-state index < -0.39 is 0 Å². The van der Waals surface area contributed by atoms with Gasteiger partial charge in [-0.25, -0.2) is 4.68 Å². The second-order valence-corrected chi connectivity index (χ2v) is 5.10. The van der Waals surface area contributed by atoms with Crippen LogP contribution in [-0.4, -0.2) is 21.9 Å². The first-order valence-corrected chi connectivity index (χ1v) is 7.06. The Kier molecular flexibility index (Phi) is 5.34.